The third-order valence-corrected chi connectivity index (χ3v) is 3.92. The van der Waals surface area contributed by atoms with E-state index in [2.05, 4.69) is 20.4 Å². The number of anilines is 1. The number of hydrogen-bond acceptors (Lipinski definition) is 6. The first-order chi connectivity index (χ1) is 13.0. The van der Waals surface area contributed by atoms with Crippen LogP contribution in [0.2, 0.25) is 0 Å². The zero-order valence-electron chi connectivity index (χ0n) is 14.1. The number of carbonyl (C=O) groups is 1. The van der Waals surface area contributed by atoms with Crippen LogP contribution in [0.1, 0.15) is 14.3 Å². The fraction of sp³-hybridized carbons (Fsp3) is 0.235. The molecule has 4 rings (SSSR count). The number of nitrogens with zero attached hydrogens (tertiary/aromatic N) is 4. The van der Waals surface area contributed by atoms with Crippen LogP contribution >= 0.6 is 0 Å². The molecule has 0 bridgehead atoms. The monoisotopic (exact) mass is 367 g/mol. The van der Waals surface area contributed by atoms with Crippen LogP contribution in [0.25, 0.3) is 10.8 Å². The van der Waals surface area contributed by atoms with Gasteiger partial charge in [-0.3, -0.25) is 14.9 Å². The Labute approximate surface area is 155 Å². The minimum atomic E-state index is -0.624. The van der Waals surface area contributed by atoms with Crippen LogP contribution in [0.15, 0.2) is 35.4 Å². The van der Waals surface area contributed by atoms with E-state index in [9.17, 15) is 14.0 Å². The standard InChI is InChI=1S/C17H13BFN5O3.H2/c18-9-1-4-12-13(5-9)15(27-11-2-3-11)23-24(16(12)26)8-14(25)22-17-20-6-10(19)7-21-17;/h1,4-7,11H,2-3,8H2,(H,20,21,22,25);1H. The molecule has 1 saturated carbocycles. The molecule has 1 amide bonds. The average Bonchev–Trinajstić information content (AvgIpc) is 3.45. The molecule has 0 spiro atoms. The molecule has 0 atom stereocenters. The lowest BCUT2D eigenvalue weighted by Crippen LogP contribution is -2.31. The third-order valence-electron chi connectivity index (χ3n) is 3.92. The van der Waals surface area contributed by atoms with E-state index in [0.29, 0.717) is 16.2 Å². The molecule has 1 fully saturated rings. The molecule has 2 heterocycles. The van der Waals surface area contributed by atoms with E-state index in [0.717, 1.165) is 29.9 Å². The summed E-state index contributed by atoms with van der Waals surface area (Å²) >= 11 is 0. The van der Waals surface area contributed by atoms with Gasteiger partial charge in [0.25, 0.3) is 5.56 Å². The van der Waals surface area contributed by atoms with Crippen molar-refractivity contribution in [2.45, 2.75) is 25.5 Å². The summed E-state index contributed by atoms with van der Waals surface area (Å²) in [7, 11) is 5.81. The van der Waals surface area contributed by atoms with Gasteiger partial charge in [-0.1, -0.05) is 17.6 Å². The molecule has 0 saturated heterocycles. The van der Waals surface area contributed by atoms with Crippen molar-refractivity contribution >= 4 is 35.9 Å². The van der Waals surface area contributed by atoms with Gasteiger partial charge in [-0.05, 0) is 18.9 Å². The Morgan fingerprint density at radius 1 is 1.33 bits per heavy atom. The molecule has 10 heteroatoms. The van der Waals surface area contributed by atoms with Crippen LogP contribution in [0.4, 0.5) is 10.3 Å². The first-order valence-electron chi connectivity index (χ1n) is 8.24. The highest BCUT2D eigenvalue weighted by Crippen LogP contribution is 2.28. The molecular weight excluding hydrogens is 352 g/mol. The highest BCUT2D eigenvalue weighted by Gasteiger charge is 2.26. The molecule has 136 valence electrons. The fourth-order valence-corrected chi connectivity index (χ4v) is 2.49. The molecule has 27 heavy (non-hydrogen) atoms. The topological polar surface area (TPSA) is 99.0 Å². The van der Waals surface area contributed by atoms with E-state index < -0.39 is 17.3 Å². The lowest BCUT2D eigenvalue weighted by atomic mass is 9.94. The zero-order chi connectivity index (χ0) is 19.0. The maximum Gasteiger partial charge on any atom is 0.275 e. The van der Waals surface area contributed by atoms with Gasteiger partial charge in [-0.2, -0.15) is 0 Å². The molecule has 1 aliphatic rings. The highest BCUT2D eigenvalue weighted by molar-refractivity contribution is 6.33. The van der Waals surface area contributed by atoms with E-state index >= 15 is 0 Å². The van der Waals surface area contributed by atoms with E-state index in [1.165, 1.54) is 0 Å². The van der Waals surface area contributed by atoms with Crippen LogP contribution in [-0.4, -0.2) is 39.6 Å². The van der Waals surface area contributed by atoms with E-state index in [-0.39, 0.29) is 25.9 Å². The number of ether oxygens (including phenoxy) is 1. The lowest BCUT2D eigenvalue weighted by Gasteiger charge is -2.12. The number of amides is 1. The molecular formula is C17H15BFN5O3. The van der Waals surface area contributed by atoms with Crippen molar-refractivity contribution < 1.29 is 15.3 Å². The summed E-state index contributed by atoms with van der Waals surface area (Å²) in [4.78, 5) is 32.2. The summed E-state index contributed by atoms with van der Waals surface area (Å²) in [6.07, 6.45) is 3.72. The van der Waals surface area contributed by atoms with Crippen LogP contribution in [0.5, 0.6) is 5.88 Å². The number of rotatable bonds is 5. The summed E-state index contributed by atoms with van der Waals surface area (Å²) in [5.74, 6) is -1.02. The quantitative estimate of drug-likeness (QED) is 0.661. The highest BCUT2D eigenvalue weighted by atomic mass is 19.1. The van der Waals surface area contributed by atoms with E-state index in [1.54, 1.807) is 18.2 Å². The van der Waals surface area contributed by atoms with Crippen LogP contribution in [0.3, 0.4) is 0 Å². The Kier molecular flexibility index (Phi) is 4.31. The third kappa shape index (κ3) is 3.79. The Morgan fingerprint density at radius 3 is 2.78 bits per heavy atom. The number of halogens is 1. The lowest BCUT2D eigenvalue weighted by molar-refractivity contribution is -0.117. The second-order valence-electron chi connectivity index (χ2n) is 6.16. The maximum absolute atomic E-state index is 12.8. The van der Waals surface area contributed by atoms with Crippen LogP contribution in [0, 0.1) is 5.82 Å². The predicted molar refractivity (Wildman–Crippen MR) is 97.8 cm³/mol. The van der Waals surface area contributed by atoms with E-state index in [1.807, 2.05) is 0 Å². The van der Waals surface area contributed by atoms with Crippen molar-refractivity contribution in [2.75, 3.05) is 5.32 Å². The second-order valence-corrected chi connectivity index (χ2v) is 6.16. The Morgan fingerprint density at radius 2 is 2.07 bits per heavy atom. The molecule has 0 unspecified atom stereocenters. The number of benzene rings is 1. The number of hydrogen-bond donors (Lipinski definition) is 1. The van der Waals surface area contributed by atoms with Crippen LogP contribution in [-0.2, 0) is 11.3 Å². The van der Waals surface area contributed by atoms with Crippen molar-refractivity contribution in [2.24, 2.45) is 0 Å². The smallest absolute Gasteiger partial charge is 0.275 e. The van der Waals surface area contributed by atoms with Crippen molar-refractivity contribution in [1.82, 2.24) is 19.7 Å². The molecule has 8 nitrogen and oxygen atoms in total. The average molecular weight is 367 g/mol. The molecule has 2 aromatic heterocycles. The van der Waals surface area contributed by atoms with Gasteiger partial charge >= 0.3 is 0 Å². The van der Waals surface area contributed by atoms with Crippen molar-refractivity contribution in [3.63, 3.8) is 0 Å². The summed E-state index contributed by atoms with van der Waals surface area (Å²) in [6.45, 7) is -0.374. The predicted octanol–water partition coefficient (Wildman–Crippen LogP) is 0.545. The number of carbonyl (C=O) groups excluding carboxylic acids is 1. The van der Waals surface area contributed by atoms with Gasteiger partial charge in [-0.15, -0.1) is 5.10 Å². The van der Waals surface area contributed by atoms with Gasteiger partial charge in [0, 0.05) is 1.43 Å². The minimum Gasteiger partial charge on any atom is -0.473 e. The Hall–Kier alpha value is -3.30. The molecule has 1 N–H and O–H groups in total. The Balaban J connectivity index is 0.00000225. The van der Waals surface area contributed by atoms with Gasteiger partial charge in [0.15, 0.2) is 5.82 Å². The summed E-state index contributed by atoms with van der Waals surface area (Å²) < 4.78 is 19.6. The minimum absolute atomic E-state index is 0. The molecule has 3 aromatic rings. The molecule has 1 aromatic carbocycles. The van der Waals surface area contributed by atoms with Gasteiger partial charge in [0.1, 0.15) is 20.5 Å². The zero-order valence-corrected chi connectivity index (χ0v) is 14.1. The van der Waals surface area contributed by atoms with Crippen molar-refractivity contribution in [1.29, 1.82) is 0 Å². The number of aromatic nitrogens is 4. The fourth-order valence-electron chi connectivity index (χ4n) is 2.49. The maximum atomic E-state index is 12.8. The summed E-state index contributed by atoms with van der Waals surface area (Å²) in [5, 5.41) is 7.42. The van der Waals surface area contributed by atoms with Gasteiger partial charge < -0.3 is 4.74 Å². The number of nitrogens with one attached hydrogen (secondary N) is 1. The van der Waals surface area contributed by atoms with Gasteiger partial charge in [-0.25, -0.2) is 19.0 Å². The van der Waals surface area contributed by atoms with Crippen LogP contribution < -0.4 is 21.1 Å². The van der Waals surface area contributed by atoms with Crippen molar-refractivity contribution in [3.8, 4) is 5.88 Å². The SMILES string of the molecule is [B]c1ccc2c(=O)n(CC(=O)Nc3ncc(F)cn3)nc(OC3CC3)c2c1.[HH]. The van der Waals surface area contributed by atoms with E-state index in [4.69, 9.17) is 12.6 Å². The molecule has 0 aliphatic heterocycles. The van der Waals surface area contributed by atoms with Gasteiger partial charge in [0.2, 0.25) is 17.7 Å². The molecule has 2 radical (unpaired) electrons. The number of fused-ring (bicyclic) bond motifs is 1. The summed E-state index contributed by atoms with van der Waals surface area (Å²) in [6, 6.07) is 4.80. The Bertz CT molecular complexity index is 1090. The van der Waals surface area contributed by atoms with Gasteiger partial charge in [0.05, 0.1) is 23.2 Å². The first kappa shape index (κ1) is 17.1. The second kappa shape index (κ2) is 6.78. The van der Waals surface area contributed by atoms with Crippen molar-refractivity contribution in [3.05, 3.63) is 46.8 Å². The normalized spacial score (nSPS) is 13.5. The largest absolute Gasteiger partial charge is 0.473 e. The molecule has 1 aliphatic carbocycles. The summed E-state index contributed by atoms with van der Waals surface area (Å²) in [5.41, 5.74) is 0.0246. The first-order valence-corrected chi connectivity index (χ1v) is 8.24.